The van der Waals surface area contributed by atoms with Crippen LogP contribution in [-0.2, 0) is 14.0 Å². The maximum absolute atomic E-state index is 12.4. The van der Waals surface area contributed by atoms with Gasteiger partial charge < -0.3 is 19.4 Å². The van der Waals surface area contributed by atoms with Gasteiger partial charge in [0, 0.05) is 5.70 Å². The van der Waals surface area contributed by atoms with Gasteiger partial charge in [-0.05, 0) is 57.0 Å². The van der Waals surface area contributed by atoms with Crippen molar-refractivity contribution in [3.05, 3.63) is 11.3 Å². The average molecular weight is 385 g/mol. The van der Waals surface area contributed by atoms with E-state index >= 15 is 0 Å². The van der Waals surface area contributed by atoms with Crippen LogP contribution in [0.1, 0.15) is 47.5 Å². The molecule has 0 aliphatic carbocycles. The second kappa shape index (κ2) is 7.37. The van der Waals surface area contributed by atoms with Gasteiger partial charge in [0.15, 0.2) is 13.4 Å². The highest BCUT2D eigenvalue weighted by molar-refractivity contribution is 7.80. The van der Waals surface area contributed by atoms with Crippen molar-refractivity contribution in [2.24, 2.45) is 0 Å². The Labute approximate surface area is 158 Å². The van der Waals surface area contributed by atoms with Crippen LogP contribution in [0.4, 0.5) is 0 Å². The van der Waals surface area contributed by atoms with Crippen LogP contribution in [0.25, 0.3) is 0 Å². The molecule has 2 rings (SSSR count). The topological polar surface area (TPSA) is 50.8 Å². The summed E-state index contributed by atoms with van der Waals surface area (Å²) >= 11 is 5.57. The van der Waals surface area contributed by atoms with E-state index in [9.17, 15) is 4.79 Å². The van der Waals surface area contributed by atoms with Crippen LogP contribution < -0.4 is 5.32 Å². The summed E-state index contributed by atoms with van der Waals surface area (Å²) in [6.07, 6.45) is 1.78. The number of fused-ring (bicyclic) bond motifs is 1. The monoisotopic (exact) mass is 384 g/mol. The number of ether oxygens (including phenoxy) is 1. The van der Waals surface area contributed by atoms with Gasteiger partial charge >= 0.3 is 5.97 Å². The smallest absolute Gasteiger partial charge is 0.337 e. The van der Waals surface area contributed by atoms with E-state index in [-0.39, 0.29) is 23.1 Å². The van der Waals surface area contributed by atoms with E-state index in [1.807, 2.05) is 13.8 Å². The summed E-state index contributed by atoms with van der Waals surface area (Å²) in [7, 11) is -1.81. The van der Waals surface area contributed by atoms with Crippen molar-refractivity contribution >= 4 is 31.6 Å². The van der Waals surface area contributed by atoms with Gasteiger partial charge in [-0.2, -0.15) is 0 Å². The molecule has 2 atom stereocenters. The van der Waals surface area contributed by atoms with Crippen LogP contribution in [0.3, 0.4) is 0 Å². The summed E-state index contributed by atoms with van der Waals surface area (Å²) < 4.78 is 11.7. The highest BCUT2D eigenvalue weighted by Crippen LogP contribution is 2.39. The molecule has 0 aromatic heterocycles. The maximum atomic E-state index is 12.4. The second-order valence-electron chi connectivity index (χ2n) is 8.39. The fourth-order valence-corrected chi connectivity index (χ4v) is 4.56. The average Bonchev–Trinajstić information content (AvgIpc) is 2.88. The van der Waals surface area contributed by atoms with Crippen LogP contribution in [0, 0.1) is 0 Å². The molecule has 0 saturated carbocycles. The molecule has 2 aliphatic heterocycles. The SMILES string of the molecule is CCOC(=O)C1=C2CC[C@@H](CO[Si](C)(C)C(C)(C)C)N2C(=S)N[C@@H]1C. The largest absolute Gasteiger partial charge is 0.463 e. The molecule has 1 N–H and O–H groups in total. The molecule has 0 spiro atoms. The molecular weight excluding hydrogens is 352 g/mol. The lowest BCUT2D eigenvalue weighted by Gasteiger charge is -2.40. The summed E-state index contributed by atoms with van der Waals surface area (Å²) in [5.74, 6) is -0.240. The van der Waals surface area contributed by atoms with Crippen molar-refractivity contribution in [3.63, 3.8) is 0 Å². The van der Waals surface area contributed by atoms with Gasteiger partial charge in [0.2, 0.25) is 0 Å². The van der Waals surface area contributed by atoms with E-state index in [1.165, 1.54) is 0 Å². The Hall–Kier alpha value is -0.923. The normalized spacial score (nSPS) is 24.3. The highest BCUT2D eigenvalue weighted by Gasteiger charge is 2.43. The number of carbonyl (C=O) groups excluding carboxylic acids is 1. The number of nitrogens with zero attached hydrogens (tertiary/aromatic N) is 1. The third kappa shape index (κ3) is 4.09. The van der Waals surface area contributed by atoms with Crippen molar-refractivity contribution in [1.82, 2.24) is 10.2 Å². The molecule has 25 heavy (non-hydrogen) atoms. The Morgan fingerprint density at radius 2 is 2.04 bits per heavy atom. The Kier molecular flexibility index (Phi) is 6.01. The fraction of sp³-hybridized carbons (Fsp3) is 0.778. The first-order valence-electron chi connectivity index (χ1n) is 9.13. The summed E-state index contributed by atoms with van der Waals surface area (Å²) in [5.41, 5.74) is 1.73. The highest BCUT2D eigenvalue weighted by atomic mass is 32.1. The minimum atomic E-state index is -1.81. The van der Waals surface area contributed by atoms with Crippen molar-refractivity contribution < 1.29 is 14.0 Å². The first-order valence-corrected chi connectivity index (χ1v) is 12.4. The number of thiocarbonyl (C=S) groups is 1. The van der Waals surface area contributed by atoms with Gasteiger partial charge in [-0.25, -0.2) is 4.79 Å². The van der Waals surface area contributed by atoms with E-state index < -0.39 is 8.32 Å². The van der Waals surface area contributed by atoms with Crippen LogP contribution in [-0.4, -0.2) is 49.6 Å². The first kappa shape index (κ1) is 20.4. The Bertz CT molecular complexity index is 583. The predicted molar refractivity (Wildman–Crippen MR) is 107 cm³/mol. The van der Waals surface area contributed by atoms with Crippen LogP contribution in [0.2, 0.25) is 18.1 Å². The molecule has 0 amide bonds. The summed E-state index contributed by atoms with van der Waals surface area (Å²) in [6.45, 7) is 16.1. The molecule has 0 aromatic rings. The minimum Gasteiger partial charge on any atom is -0.463 e. The summed E-state index contributed by atoms with van der Waals surface area (Å²) in [4.78, 5) is 14.5. The number of carbonyl (C=O) groups is 1. The third-order valence-corrected chi connectivity index (χ3v) is 10.4. The summed E-state index contributed by atoms with van der Waals surface area (Å²) in [6, 6.07) is 0.0684. The molecule has 2 aliphatic rings. The number of allylic oxidation sites excluding steroid dienone is 1. The molecule has 0 unspecified atom stereocenters. The molecule has 7 heteroatoms. The molecule has 1 saturated heterocycles. The van der Waals surface area contributed by atoms with E-state index in [1.54, 1.807) is 0 Å². The molecule has 5 nitrogen and oxygen atoms in total. The Balaban J connectivity index is 2.21. The van der Waals surface area contributed by atoms with Crippen molar-refractivity contribution in [2.45, 2.75) is 77.7 Å². The Morgan fingerprint density at radius 3 is 2.60 bits per heavy atom. The number of hydrogen-bond donors (Lipinski definition) is 1. The van der Waals surface area contributed by atoms with E-state index in [2.05, 4.69) is 44.1 Å². The predicted octanol–water partition coefficient (Wildman–Crippen LogP) is 3.57. The number of nitrogens with one attached hydrogen (secondary N) is 1. The maximum Gasteiger partial charge on any atom is 0.337 e. The van der Waals surface area contributed by atoms with Crippen molar-refractivity contribution in [1.29, 1.82) is 0 Å². The number of hydrogen-bond acceptors (Lipinski definition) is 4. The standard InChI is InChI=1S/C18H32N2O3SSi/c1-8-22-16(21)15-12(2)19-17(24)20-13(9-10-14(15)20)11-23-25(6,7)18(3,4)5/h12-13H,8-11H2,1-7H3,(H,19,24)/t12-,13+/m1/s1. The lowest BCUT2D eigenvalue weighted by atomic mass is 10.0. The van der Waals surface area contributed by atoms with Crippen LogP contribution in [0.5, 0.6) is 0 Å². The van der Waals surface area contributed by atoms with Gasteiger partial charge in [0.1, 0.15) is 0 Å². The van der Waals surface area contributed by atoms with Gasteiger partial charge in [-0.1, -0.05) is 20.8 Å². The molecular formula is C18H32N2O3SSi. The van der Waals surface area contributed by atoms with Crippen LogP contribution >= 0.6 is 12.2 Å². The quantitative estimate of drug-likeness (QED) is 0.444. The molecule has 142 valence electrons. The van der Waals surface area contributed by atoms with Crippen LogP contribution in [0.15, 0.2) is 11.3 Å². The van der Waals surface area contributed by atoms with Gasteiger partial charge in [-0.15, -0.1) is 0 Å². The molecule has 0 radical (unpaired) electrons. The molecule has 0 bridgehead atoms. The summed E-state index contributed by atoms with van der Waals surface area (Å²) in [5, 5.41) is 4.12. The zero-order chi connectivity index (χ0) is 19.0. The van der Waals surface area contributed by atoms with E-state index in [4.69, 9.17) is 21.4 Å². The molecule has 2 heterocycles. The Morgan fingerprint density at radius 1 is 1.40 bits per heavy atom. The number of rotatable bonds is 5. The minimum absolute atomic E-state index is 0.113. The fourth-order valence-electron chi connectivity index (χ4n) is 3.09. The first-order chi connectivity index (χ1) is 11.5. The van der Waals surface area contributed by atoms with E-state index in [0.717, 1.165) is 18.5 Å². The van der Waals surface area contributed by atoms with E-state index in [0.29, 0.717) is 23.9 Å². The molecule has 0 aromatic carbocycles. The van der Waals surface area contributed by atoms with Gasteiger partial charge in [0.25, 0.3) is 0 Å². The van der Waals surface area contributed by atoms with Crippen molar-refractivity contribution in [2.75, 3.05) is 13.2 Å². The lowest BCUT2D eigenvalue weighted by Crippen LogP contribution is -2.53. The molecule has 1 fully saturated rings. The second-order valence-corrected chi connectivity index (χ2v) is 13.6. The third-order valence-electron chi connectivity index (χ3n) is 5.61. The van der Waals surface area contributed by atoms with Gasteiger partial charge in [-0.3, -0.25) is 0 Å². The zero-order valence-corrected chi connectivity index (χ0v) is 18.4. The zero-order valence-electron chi connectivity index (χ0n) is 16.6. The lowest BCUT2D eigenvalue weighted by molar-refractivity contribution is -0.139. The van der Waals surface area contributed by atoms with Gasteiger partial charge in [0.05, 0.1) is 30.9 Å². The van der Waals surface area contributed by atoms with Crippen molar-refractivity contribution in [3.8, 4) is 0 Å². The number of esters is 1.